The Balaban J connectivity index is 2.11. The van der Waals surface area contributed by atoms with E-state index in [-0.39, 0.29) is 12.5 Å². The van der Waals surface area contributed by atoms with Gasteiger partial charge in [0.2, 0.25) is 5.91 Å². The molecule has 0 aromatic carbocycles. The van der Waals surface area contributed by atoms with E-state index in [0.717, 1.165) is 89.9 Å². The van der Waals surface area contributed by atoms with Crippen LogP contribution >= 0.6 is 0 Å². The molecule has 0 radical (unpaired) electrons. The number of amides is 1. The van der Waals surface area contributed by atoms with Crippen molar-refractivity contribution in [2.45, 2.75) is 391 Å². The van der Waals surface area contributed by atoms with Gasteiger partial charge in [-0.2, -0.15) is 0 Å². The molecule has 7 unspecified atom stereocenters. The number of rotatable bonds is 65. The van der Waals surface area contributed by atoms with Crippen LogP contribution < -0.4 is 5.32 Å². The molecule has 9 nitrogen and oxygen atoms in total. The largest absolute Gasteiger partial charge is 0.394 e. The second-order valence-corrected chi connectivity index (χ2v) is 25.7. The highest BCUT2D eigenvalue weighted by Gasteiger charge is 2.44. The smallest absolute Gasteiger partial charge is 0.220 e. The fourth-order valence-corrected chi connectivity index (χ4v) is 11.7. The SMILES string of the molecule is CC/C=C\C/C=C\C/C=C\C/C=C\C/C=C\C/C=C\C/C=C\CCCCCCCCCCCC(=O)NC(COC1OC(CO)C(O)C(O)C1O)C(O)CCCCCCCCCCCCCCCCCCCCCCCCCCCCCCCCCCC. The summed E-state index contributed by atoms with van der Waals surface area (Å²) in [5, 5.41) is 55.0. The van der Waals surface area contributed by atoms with Gasteiger partial charge in [0, 0.05) is 6.42 Å². The van der Waals surface area contributed by atoms with Crippen LogP contribution in [0.3, 0.4) is 0 Å². The maximum atomic E-state index is 13.2. The van der Waals surface area contributed by atoms with E-state index in [2.05, 4.69) is 104 Å². The Kier molecular flexibility index (Phi) is 62.8. The second-order valence-electron chi connectivity index (χ2n) is 25.7. The minimum absolute atomic E-state index is 0.143. The molecule has 1 heterocycles. The maximum Gasteiger partial charge on any atom is 0.220 e. The monoisotopic (exact) mass is 1220 g/mol. The summed E-state index contributed by atoms with van der Waals surface area (Å²) in [5.74, 6) is -0.149. The molecule has 9 heteroatoms. The molecule has 0 aromatic heterocycles. The minimum Gasteiger partial charge on any atom is -0.394 e. The lowest BCUT2D eigenvalue weighted by Crippen LogP contribution is -2.60. The first-order valence-electron chi connectivity index (χ1n) is 37.3. The number of aliphatic hydroxyl groups excluding tert-OH is 5. The summed E-state index contributed by atoms with van der Waals surface area (Å²) in [4.78, 5) is 13.2. The molecule has 1 amide bonds. The zero-order valence-corrected chi connectivity index (χ0v) is 56.8. The normalized spacial score (nSPS) is 18.4. The summed E-state index contributed by atoms with van der Waals surface area (Å²) in [7, 11) is 0. The van der Waals surface area contributed by atoms with Crippen molar-refractivity contribution in [3.63, 3.8) is 0 Å². The van der Waals surface area contributed by atoms with Gasteiger partial charge in [-0.25, -0.2) is 0 Å². The van der Waals surface area contributed by atoms with Crippen molar-refractivity contribution in [2.75, 3.05) is 13.2 Å². The number of unbranched alkanes of at least 4 members (excludes halogenated alkanes) is 41. The van der Waals surface area contributed by atoms with Crippen LogP contribution in [0, 0.1) is 0 Å². The van der Waals surface area contributed by atoms with Crippen molar-refractivity contribution >= 4 is 5.91 Å². The van der Waals surface area contributed by atoms with Gasteiger partial charge in [-0.15, -0.1) is 0 Å². The molecule has 1 aliphatic heterocycles. The fourth-order valence-electron chi connectivity index (χ4n) is 11.7. The van der Waals surface area contributed by atoms with Crippen LogP contribution in [0.25, 0.3) is 0 Å². The summed E-state index contributed by atoms with van der Waals surface area (Å²) in [6, 6.07) is -0.730. The van der Waals surface area contributed by atoms with Crippen LogP contribution in [-0.4, -0.2) is 87.5 Å². The molecule has 0 spiro atoms. The van der Waals surface area contributed by atoms with Crippen LogP contribution in [0.2, 0.25) is 0 Å². The molecule has 1 fully saturated rings. The van der Waals surface area contributed by atoms with E-state index in [4.69, 9.17) is 9.47 Å². The molecule has 506 valence electrons. The van der Waals surface area contributed by atoms with E-state index in [1.54, 1.807) is 0 Å². The molecule has 1 rings (SSSR count). The summed E-state index contributed by atoms with van der Waals surface area (Å²) in [6.07, 6.45) is 88.0. The Morgan fingerprint density at radius 3 is 1.06 bits per heavy atom. The van der Waals surface area contributed by atoms with Crippen molar-refractivity contribution in [3.05, 3.63) is 85.1 Å². The molecule has 6 N–H and O–H groups in total. The van der Waals surface area contributed by atoms with Gasteiger partial charge in [0.1, 0.15) is 24.4 Å². The van der Waals surface area contributed by atoms with Gasteiger partial charge in [0.25, 0.3) is 0 Å². The lowest BCUT2D eigenvalue weighted by atomic mass is 9.99. The van der Waals surface area contributed by atoms with Gasteiger partial charge in [0.15, 0.2) is 6.29 Å². The highest BCUT2D eigenvalue weighted by Crippen LogP contribution is 2.24. The van der Waals surface area contributed by atoms with E-state index in [0.29, 0.717) is 12.8 Å². The average molecular weight is 1220 g/mol. The quantitative estimate of drug-likeness (QED) is 0.0261. The van der Waals surface area contributed by atoms with E-state index in [9.17, 15) is 30.3 Å². The topological polar surface area (TPSA) is 149 Å². The van der Waals surface area contributed by atoms with Gasteiger partial charge in [-0.1, -0.05) is 356 Å². The Labute approximate surface area is 537 Å². The molecule has 1 aliphatic rings. The third-order valence-electron chi connectivity index (χ3n) is 17.5. The van der Waals surface area contributed by atoms with Crippen LogP contribution in [0.4, 0.5) is 0 Å². The number of nitrogens with one attached hydrogen (secondary N) is 1. The minimum atomic E-state index is -1.56. The van der Waals surface area contributed by atoms with Crippen molar-refractivity contribution in [1.82, 2.24) is 5.32 Å². The first kappa shape index (κ1) is 82.4. The predicted octanol–water partition coefficient (Wildman–Crippen LogP) is 20.9. The lowest BCUT2D eigenvalue weighted by Gasteiger charge is -2.40. The maximum absolute atomic E-state index is 13.2. The molecule has 0 bridgehead atoms. The first-order valence-corrected chi connectivity index (χ1v) is 37.3. The molecule has 87 heavy (non-hydrogen) atoms. The summed E-state index contributed by atoms with van der Waals surface area (Å²) in [5.41, 5.74) is 0. The van der Waals surface area contributed by atoms with Crippen molar-refractivity contribution in [2.24, 2.45) is 0 Å². The summed E-state index contributed by atoms with van der Waals surface area (Å²) < 4.78 is 11.4. The van der Waals surface area contributed by atoms with Gasteiger partial charge in [-0.05, 0) is 70.6 Å². The second kappa shape index (κ2) is 66.3. The third-order valence-corrected chi connectivity index (χ3v) is 17.5. The Bertz CT molecular complexity index is 1650. The van der Waals surface area contributed by atoms with Crippen LogP contribution in [0.1, 0.15) is 348 Å². The van der Waals surface area contributed by atoms with Crippen LogP contribution in [0.5, 0.6) is 0 Å². The van der Waals surface area contributed by atoms with E-state index in [1.165, 1.54) is 231 Å². The summed E-state index contributed by atoms with van der Waals surface area (Å²) >= 11 is 0. The van der Waals surface area contributed by atoms with Crippen LogP contribution in [0.15, 0.2) is 85.1 Å². The summed E-state index contributed by atoms with van der Waals surface area (Å²) in [6.45, 7) is 3.76. The van der Waals surface area contributed by atoms with Crippen molar-refractivity contribution < 1.29 is 39.8 Å². The van der Waals surface area contributed by atoms with Gasteiger partial charge >= 0.3 is 0 Å². The average Bonchev–Trinajstić information content (AvgIpc) is 3.47. The zero-order chi connectivity index (χ0) is 62.8. The van der Waals surface area contributed by atoms with E-state index in [1.807, 2.05) is 0 Å². The molecular weight excluding hydrogens is 1080 g/mol. The lowest BCUT2D eigenvalue weighted by molar-refractivity contribution is -0.302. The number of carbonyl (C=O) groups is 1. The number of ether oxygens (including phenoxy) is 2. The Morgan fingerprint density at radius 1 is 0.402 bits per heavy atom. The van der Waals surface area contributed by atoms with Gasteiger partial charge < -0.3 is 40.3 Å². The highest BCUT2D eigenvalue weighted by molar-refractivity contribution is 5.76. The number of carbonyl (C=O) groups excluding carboxylic acids is 1. The predicted molar refractivity (Wildman–Crippen MR) is 373 cm³/mol. The number of aliphatic hydroxyl groups is 5. The Hall–Kier alpha value is -2.63. The highest BCUT2D eigenvalue weighted by atomic mass is 16.7. The Morgan fingerprint density at radius 2 is 0.713 bits per heavy atom. The van der Waals surface area contributed by atoms with Crippen molar-refractivity contribution in [3.8, 4) is 0 Å². The zero-order valence-electron chi connectivity index (χ0n) is 56.8. The number of allylic oxidation sites excluding steroid dienone is 14. The molecule has 7 atom stereocenters. The van der Waals surface area contributed by atoms with Crippen molar-refractivity contribution in [1.29, 1.82) is 0 Å². The number of hydrogen-bond acceptors (Lipinski definition) is 8. The van der Waals surface area contributed by atoms with Gasteiger partial charge in [0.05, 0.1) is 25.4 Å². The molecule has 1 saturated heterocycles. The molecular formula is C78H141NO8. The fraction of sp³-hybridized carbons (Fsp3) is 0.808. The van der Waals surface area contributed by atoms with E-state index >= 15 is 0 Å². The van der Waals surface area contributed by atoms with Crippen LogP contribution in [-0.2, 0) is 14.3 Å². The molecule has 0 aliphatic carbocycles. The first-order chi connectivity index (χ1) is 42.8. The third kappa shape index (κ3) is 54.8. The molecule has 0 aromatic rings. The molecule has 0 saturated carbocycles. The van der Waals surface area contributed by atoms with E-state index < -0.39 is 49.5 Å². The van der Waals surface area contributed by atoms with Gasteiger partial charge in [-0.3, -0.25) is 4.79 Å². The number of hydrogen-bond donors (Lipinski definition) is 6. The standard InChI is InChI=1S/C78H141NO8/c1-3-5-7-9-11-13-15-17-19-21-23-25-27-29-31-33-35-36-38-39-41-43-45-47-49-51-53-55-57-59-61-63-65-67-72(81)71(70-86-78-77(85)76(84)75(83)73(69-80)87-78)79-74(82)68-66-64-62-60-58-56-54-52-50-48-46-44-42-40-37-34-32-30-28-26-24-22-20-18-16-14-12-10-8-6-4-2/h6,8,12,14,18,20,24,26,30,32,37,40,44,46,71-73,75-78,80-81,83-85H,3-5,7,9-11,13,15-17,19,21-23,25,27-29,31,33-36,38-39,41-43,45,47-70H2,1-2H3,(H,79,82)/b8-6-,14-12-,20-18-,26-24-,32-30-,40-37-,46-44-.